The Morgan fingerprint density at radius 1 is 0.410 bits per heavy atom. The molecule has 0 unspecified atom stereocenters. The number of anilines is 3. The van der Waals surface area contributed by atoms with Crippen molar-refractivity contribution in [1.82, 2.24) is 0 Å². The first kappa shape index (κ1) is 27.3. The molecule has 3 amide bonds. The zero-order valence-electron chi connectivity index (χ0n) is 23.2. The zero-order valence-corrected chi connectivity index (χ0v) is 23.2. The number of nitrogens with one attached hydrogen (secondary N) is 3. The molecule has 0 saturated carbocycles. The number of hydrogen-bond acceptors (Lipinski definition) is 3. The topological polar surface area (TPSA) is 87.3 Å². The summed E-state index contributed by atoms with van der Waals surface area (Å²) in [6, 6.07) is 21.7. The summed E-state index contributed by atoms with van der Waals surface area (Å²) in [5, 5.41) is 8.74. The van der Waals surface area contributed by atoms with Crippen molar-refractivity contribution in [2.75, 3.05) is 16.0 Å². The van der Waals surface area contributed by atoms with Crippen LogP contribution in [0, 0.1) is 41.5 Å². The summed E-state index contributed by atoms with van der Waals surface area (Å²) in [7, 11) is 0. The number of amides is 3. The number of hydrogen-bond donors (Lipinski definition) is 3. The van der Waals surface area contributed by atoms with Crippen molar-refractivity contribution in [3.05, 3.63) is 123 Å². The van der Waals surface area contributed by atoms with Crippen molar-refractivity contribution < 1.29 is 14.4 Å². The second kappa shape index (κ2) is 11.4. The highest BCUT2D eigenvalue weighted by atomic mass is 16.2. The standard InChI is InChI=1S/C33H33N3O3/c1-19-7-10-28(22(4)13-19)34-31(37)25-16-26(32(38)35-29-11-8-20(2)14-23(29)5)18-27(17-25)33(39)36-30-12-9-21(3)15-24(30)6/h7-18H,1-6H3,(H,34,37)(H,35,38)(H,36,39). The largest absolute Gasteiger partial charge is 0.322 e. The number of benzene rings is 4. The minimum atomic E-state index is -0.413. The molecule has 6 heteroatoms. The van der Waals surface area contributed by atoms with Crippen LogP contribution in [0.4, 0.5) is 17.1 Å². The summed E-state index contributed by atoms with van der Waals surface area (Å²) in [4.78, 5) is 40.0. The Bertz CT molecular complexity index is 1400. The fourth-order valence-corrected chi connectivity index (χ4v) is 4.47. The van der Waals surface area contributed by atoms with E-state index in [1.54, 1.807) is 0 Å². The average Bonchev–Trinajstić information content (AvgIpc) is 2.88. The Labute approximate surface area is 229 Å². The van der Waals surface area contributed by atoms with Gasteiger partial charge in [-0.1, -0.05) is 53.1 Å². The fourth-order valence-electron chi connectivity index (χ4n) is 4.47. The second-order valence-electron chi connectivity index (χ2n) is 10.1. The summed E-state index contributed by atoms with van der Waals surface area (Å²) in [6.07, 6.45) is 0. The number of carbonyl (C=O) groups excluding carboxylic acids is 3. The molecule has 0 saturated heterocycles. The normalized spacial score (nSPS) is 10.6. The molecule has 0 aliphatic heterocycles. The number of aryl methyl sites for hydroxylation is 6. The minimum Gasteiger partial charge on any atom is -0.322 e. The Kier molecular flexibility index (Phi) is 7.96. The molecule has 0 aliphatic carbocycles. The van der Waals surface area contributed by atoms with Crippen molar-refractivity contribution in [1.29, 1.82) is 0 Å². The Morgan fingerprint density at radius 2 is 0.667 bits per heavy atom. The van der Waals surface area contributed by atoms with E-state index in [2.05, 4.69) is 16.0 Å². The van der Waals surface area contributed by atoms with Crippen molar-refractivity contribution in [2.45, 2.75) is 41.5 Å². The Morgan fingerprint density at radius 3 is 0.897 bits per heavy atom. The summed E-state index contributed by atoms with van der Waals surface area (Å²) in [6.45, 7) is 11.7. The number of carbonyl (C=O) groups is 3. The molecule has 39 heavy (non-hydrogen) atoms. The predicted molar refractivity (Wildman–Crippen MR) is 158 cm³/mol. The van der Waals surface area contributed by atoms with Gasteiger partial charge in [0.2, 0.25) is 0 Å². The molecule has 0 aliphatic rings. The van der Waals surface area contributed by atoms with Crippen LogP contribution in [-0.4, -0.2) is 17.7 Å². The van der Waals surface area contributed by atoms with Gasteiger partial charge in [0, 0.05) is 33.8 Å². The van der Waals surface area contributed by atoms with Crippen molar-refractivity contribution in [3.8, 4) is 0 Å². The van der Waals surface area contributed by atoms with E-state index in [0.29, 0.717) is 17.1 Å². The van der Waals surface area contributed by atoms with Gasteiger partial charge in [0.05, 0.1) is 0 Å². The van der Waals surface area contributed by atoms with Crippen LogP contribution in [0.5, 0.6) is 0 Å². The molecule has 0 heterocycles. The lowest BCUT2D eigenvalue weighted by atomic mass is 10.0. The molecular formula is C33H33N3O3. The third-order valence-electron chi connectivity index (χ3n) is 6.61. The molecule has 0 radical (unpaired) electrons. The highest BCUT2D eigenvalue weighted by Gasteiger charge is 2.18. The molecule has 6 nitrogen and oxygen atoms in total. The monoisotopic (exact) mass is 519 g/mol. The van der Waals surface area contributed by atoms with Gasteiger partial charge in [-0.15, -0.1) is 0 Å². The highest BCUT2D eigenvalue weighted by Crippen LogP contribution is 2.22. The van der Waals surface area contributed by atoms with Gasteiger partial charge in [-0.2, -0.15) is 0 Å². The van der Waals surface area contributed by atoms with Crippen LogP contribution in [0.25, 0.3) is 0 Å². The molecule has 0 aromatic heterocycles. The van der Waals surface area contributed by atoms with Crippen LogP contribution >= 0.6 is 0 Å². The lowest BCUT2D eigenvalue weighted by molar-refractivity contribution is 0.102. The van der Waals surface area contributed by atoms with Gasteiger partial charge in [-0.3, -0.25) is 14.4 Å². The van der Waals surface area contributed by atoms with Crippen molar-refractivity contribution in [3.63, 3.8) is 0 Å². The lowest BCUT2D eigenvalue weighted by Gasteiger charge is -2.14. The van der Waals surface area contributed by atoms with E-state index < -0.39 is 17.7 Å². The van der Waals surface area contributed by atoms with Crippen molar-refractivity contribution >= 4 is 34.8 Å². The zero-order chi connectivity index (χ0) is 28.3. The molecule has 0 atom stereocenters. The predicted octanol–water partition coefficient (Wildman–Crippen LogP) is 7.29. The van der Waals surface area contributed by atoms with Gasteiger partial charge in [-0.05, 0) is 94.6 Å². The first-order chi connectivity index (χ1) is 18.5. The maximum Gasteiger partial charge on any atom is 0.255 e. The first-order valence-corrected chi connectivity index (χ1v) is 12.8. The molecule has 0 spiro atoms. The van der Waals surface area contributed by atoms with E-state index in [0.717, 1.165) is 33.4 Å². The van der Waals surface area contributed by atoms with Crippen LogP contribution in [0.1, 0.15) is 64.5 Å². The van der Waals surface area contributed by atoms with Crippen molar-refractivity contribution in [2.24, 2.45) is 0 Å². The summed E-state index contributed by atoms with van der Waals surface area (Å²) in [5.74, 6) is -1.24. The van der Waals surface area contributed by atoms with Crippen LogP contribution in [-0.2, 0) is 0 Å². The van der Waals surface area contributed by atoms with Gasteiger partial charge < -0.3 is 16.0 Å². The Balaban J connectivity index is 1.69. The van der Waals surface area contributed by atoms with Gasteiger partial charge in [0.1, 0.15) is 0 Å². The maximum absolute atomic E-state index is 13.3. The quantitative estimate of drug-likeness (QED) is 0.250. The lowest BCUT2D eigenvalue weighted by Crippen LogP contribution is -2.20. The van der Waals surface area contributed by atoms with Crippen LogP contribution < -0.4 is 16.0 Å². The second-order valence-corrected chi connectivity index (χ2v) is 10.1. The fraction of sp³-hybridized carbons (Fsp3) is 0.182. The van der Waals surface area contributed by atoms with Crippen LogP contribution in [0.3, 0.4) is 0 Å². The summed E-state index contributed by atoms with van der Waals surface area (Å²) in [5.41, 5.74) is 8.60. The van der Waals surface area contributed by atoms with E-state index in [-0.39, 0.29) is 16.7 Å². The molecule has 198 valence electrons. The molecule has 4 aromatic carbocycles. The third-order valence-corrected chi connectivity index (χ3v) is 6.61. The average molecular weight is 520 g/mol. The number of rotatable bonds is 6. The smallest absolute Gasteiger partial charge is 0.255 e. The van der Waals surface area contributed by atoms with Crippen LogP contribution in [0.2, 0.25) is 0 Å². The SMILES string of the molecule is Cc1ccc(NC(=O)c2cc(C(=O)Nc3ccc(C)cc3C)cc(C(=O)Nc3ccc(C)cc3C)c2)c(C)c1. The Hall–Kier alpha value is -4.71. The molecular weight excluding hydrogens is 486 g/mol. The highest BCUT2D eigenvalue weighted by molar-refractivity contribution is 6.13. The van der Waals surface area contributed by atoms with Gasteiger partial charge in [-0.25, -0.2) is 0 Å². The maximum atomic E-state index is 13.3. The van der Waals surface area contributed by atoms with E-state index in [1.807, 2.05) is 96.1 Å². The summed E-state index contributed by atoms with van der Waals surface area (Å²) < 4.78 is 0. The minimum absolute atomic E-state index is 0.203. The van der Waals surface area contributed by atoms with E-state index in [9.17, 15) is 14.4 Å². The van der Waals surface area contributed by atoms with Crippen LogP contribution in [0.15, 0.2) is 72.8 Å². The van der Waals surface area contributed by atoms with Gasteiger partial charge >= 0.3 is 0 Å². The molecule has 0 fully saturated rings. The molecule has 4 aromatic rings. The van der Waals surface area contributed by atoms with Gasteiger partial charge in [0.25, 0.3) is 17.7 Å². The van der Waals surface area contributed by atoms with Gasteiger partial charge in [0.15, 0.2) is 0 Å². The van der Waals surface area contributed by atoms with E-state index >= 15 is 0 Å². The van der Waals surface area contributed by atoms with E-state index in [4.69, 9.17) is 0 Å². The third kappa shape index (κ3) is 6.60. The van der Waals surface area contributed by atoms with E-state index in [1.165, 1.54) is 18.2 Å². The summed E-state index contributed by atoms with van der Waals surface area (Å²) >= 11 is 0. The first-order valence-electron chi connectivity index (χ1n) is 12.8. The molecule has 4 rings (SSSR count). The molecule has 3 N–H and O–H groups in total. The molecule has 0 bridgehead atoms.